The molecule has 1 atom stereocenters. The summed E-state index contributed by atoms with van der Waals surface area (Å²) in [6, 6.07) is 11.7. The van der Waals surface area contributed by atoms with E-state index in [-0.39, 0.29) is 24.4 Å². The third-order valence-corrected chi connectivity index (χ3v) is 5.30. The van der Waals surface area contributed by atoms with Gasteiger partial charge in [-0.1, -0.05) is 6.07 Å². The van der Waals surface area contributed by atoms with E-state index in [4.69, 9.17) is 9.47 Å². The molecule has 3 rings (SSSR count). The van der Waals surface area contributed by atoms with Crippen LogP contribution in [0, 0.1) is 6.92 Å². The normalized spacial score (nSPS) is 15.9. The van der Waals surface area contributed by atoms with E-state index < -0.39 is 5.97 Å². The molecule has 8 nitrogen and oxygen atoms in total. The van der Waals surface area contributed by atoms with Crippen molar-refractivity contribution < 1.29 is 23.9 Å². The van der Waals surface area contributed by atoms with Crippen molar-refractivity contribution in [1.82, 2.24) is 4.90 Å². The van der Waals surface area contributed by atoms with Crippen molar-refractivity contribution in [2.45, 2.75) is 25.8 Å². The molecule has 164 valence electrons. The van der Waals surface area contributed by atoms with Gasteiger partial charge in [-0.2, -0.15) is 0 Å². The summed E-state index contributed by atoms with van der Waals surface area (Å²) < 4.78 is 9.86. The van der Waals surface area contributed by atoms with Crippen molar-refractivity contribution in [3.8, 4) is 5.75 Å². The van der Waals surface area contributed by atoms with Crippen LogP contribution in [0.2, 0.25) is 0 Å². The van der Waals surface area contributed by atoms with Crippen molar-refractivity contribution >= 4 is 29.2 Å². The van der Waals surface area contributed by atoms with Gasteiger partial charge in [-0.05, 0) is 68.3 Å². The number of methoxy groups -OCH3 is 2. The van der Waals surface area contributed by atoms with Gasteiger partial charge in [0.25, 0.3) is 0 Å². The second-order valence-electron chi connectivity index (χ2n) is 7.42. The number of esters is 1. The molecule has 2 amide bonds. The molecule has 0 saturated carbocycles. The number of carbonyl (C=O) groups is 3. The van der Waals surface area contributed by atoms with Gasteiger partial charge in [-0.15, -0.1) is 0 Å². The Bertz CT molecular complexity index is 958. The van der Waals surface area contributed by atoms with Crippen molar-refractivity contribution in [3.05, 3.63) is 53.6 Å². The van der Waals surface area contributed by atoms with Crippen LogP contribution < -0.4 is 15.4 Å². The molecule has 2 aromatic carbocycles. The molecule has 1 aliphatic rings. The molecule has 1 unspecified atom stereocenters. The van der Waals surface area contributed by atoms with Crippen LogP contribution in [0.3, 0.4) is 0 Å². The highest BCUT2D eigenvalue weighted by atomic mass is 16.5. The zero-order chi connectivity index (χ0) is 22.4. The first kappa shape index (κ1) is 22.3. The average Bonchev–Trinajstić information content (AvgIpc) is 3.23. The SMILES string of the molecule is COC(=O)c1ccc(C)c(NC(=O)CN2CCCC2C(=O)Nc2ccc(OC)cc2)c1. The lowest BCUT2D eigenvalue weighted by Crippen LogP contribution is -2.43. The van der Waals surface area contributed by atoms with Gasteiger partial charge in [0.05, 0.1) is 32.4 Å². The van der Waals surface area contributed by atoms with Crippen LogP contribution in [0.1, 0.15) is 28.8 Å². The Morgan fingerprint density at radius 1 is 1.06 bits per heavy atom. The fraction of sp³-hybridized carbons (Fsp3) is 0.348. The number of aryl methyl sites for hydroxylation is 1. The summed E-state index contributed by atoms with van der Waals surface area (Å²) in [6.07, 6.45) is 1.52. The Balaban J connectivity index is 1.61. The van der Waals surface area contributed by atoms with Crippen LogP contribution in [-0.4, -0.2) is 56.0 Å². The van der Waals surface area contributed by atoms with Crippen molar-refractivity contribution in [1.29, 1.82) is 0 Å². The molecule has 0 bridgehead atoms. The van der Waals surface area contributed by atoms with E-state index in [0.717, 1.165) is 12.0 Å². The van der Waals surface area contributed by atoms with E-state index in [1.165, 1.54) is 7.11 Å². The molecule has 8 heteroatoms. The second kappa shape index (κ2) is 10.1. The standard InChI is InChI=1S/C23H27N3O5/c1-15-6-7-16(23(29)31-3)13-19(15)25-21(27)14-26-12-4-5-20(26)22(28)24-17-8-10-18(30-2)11-9-17/h6-11,13,20H,4-5,12,14H2,1-3H3,(H,24,28)(H,25,27). The lowest BCUT2D eigenvalue weighted by atomic mass is 10.1. The zero-order valence-corrected chi connectivity index (χ0v) is 17.9. The monoisotopic (exact) mass is 425 g/mol. The highest BCUT2D eigenvalue weighted by molar-refractivity contribution is 5.98. The number of hydrogen-bond acceptors (Lipinski definition) is 6. The van der Waals surface area contributed by atoms with E-state index >= 15 is 0 Å². The molecular formula is C23H27N3O5. The molecule has 0 spiro atoms. The summed E-state index contributed by atoms with van der Waals surface area (Å²) >= 11 is 0. The van der Waals surface area contributed by atoms with Crippen LogP contribution >= 0.6 is 0 Å². The summed E-state index contributed by atoms with van der Waals surface area (Å²) in [5.41, 5.74) is 2.42. The molecule has 1 fully saturated rings. The van der Waals surface area contributed by atoms with Crippen molar-refractivity contribution in [2.75, 3.05) is 37.9 Å². The largest absolute Gasteiger partial charge is 0.497 e. The quantitative estimate of drug-likeness (QED) is 0.662. The van der Waals surface area contributed by atoms with Crippen LogP contribution in [0.5, 0.6) is 5.75 Å². The number of amides is 2. The molecule has 31 heavy (non-hydrogen) atoms. The summed E-state index contributed by atoms with van der Waals surface area (Å²) in [4.78, 5) is 39.0. The molecule has 0 radical (unpaired) electrons. The molecule has 2 aromatic rings. The molecule has 2 N–H and O–H groups in total. The van der Waals surface area contributed by atoms with Gasteiger partial charge in [0, 0.05) is 11.4 Å². The molecule has 1 heterocycles. The minimum atomic E-state index is -0.467. The number of rotatable bonds is 7. The maximum Gasteiger partial charge on any atom is 0.337 e. The van der Waals surface area contributed by atoms with Crippen LogP contribution in [0.25, 0.3) is 0 Å². The Morgan fingerprint density at radius 2 is 1.81 bits per heavy atom. The van der Waals surface area contributed by atoms with Crippen molar-refractivity contribution in [3.63, 3.8) is 0 Å². The zero-order valence-electron chi connectivity index (χ0n) is 17.9. The predicted octanol–water partition coefficient (Wildman–Crippen LogP) is 2.83. The Hall–Kier alpha value is -3.39. The number of ether oxygens (including phenoxy) is 2. The Labute approximate surface area is 181 Å². The number of benzene rings is 2. The van der Waals surface area contributed by atoms with Gasteiger partial charge in [0.2, 0.25) is 11.8 Å². The molecule has 1 saturated heterocycles. The maximum atomic E-state index is 12.8. The summed E-state index contributed by atoms with van der Waals surface area (Å²) in [5, 5.41) is 5.75. The van der Waals surface area contributed by atoms with E-state index in [0.29, 0.717) is 35.7 Å². The highest BCUT2D eigenvalue weighted by Crippen LogP contribution is 2.22. The van der Waals surface area contributed by atoms with E-state index in [1.807, 2.05) is 11.8 Å². The second-order valence-corrected chi connectivity index (χ2v) is 7.42. The molecule has 0 aliphatic carbocycles. The highest BCUT2D eigenvalue weighted by Gasteiger charge is 2.32. The van der Waals surface area contributed by atoms with Gasteiger partial charge in [-0.3, -0.25) is 14.5 Å². The number of nitrogens with zero attached hydrogens (tertiary/aromatic N) is 1. The molecule has 1 aliphatic heterocycles. The van der Waals surface area contributed by atoms with Gasteiger partial charge in [0.1, 0.15) is 5.75 Å². The number of nitrogens with one attached hydrogen (secondary N) is 2. The predicted molar refractivity (Wildman–Crippen MR) is 117 cm³/mol. The Morgan fingerprint density at radius 3 is 2.48 bits per heavy atom. The topological polar surface area (TPSA) is 97.0 Å². The average molecular weight is 425 g/mol. The third-order valence-electron chi connectivity index (χ3n) is 5.30. The first-order valence-electron chi connectivity index (χ1n) is 10.1. The maximum absolute atomic E-state index is 12.8. The van der Waals surface area contributed by atoms with Gasteiger partial charge < -0.3 is 20.1 Å². The fourth-order valence-corrected chi connectivity index (χ4v) is 3.59. The van der Waals surface area contributed by atoms with E-state index in [9.17, 15) is 14.4 Å². The lowest BCUT2D eigenvalue weighted by molar-refractivity contribution is -0.122. The first-order chi connectivity index (χ1) is 14.9. The summed E-state index contributed by atoms with van der Waals surface area (Å²) in [6.45, 7) is 2.59. The van der Waals surface area contributed by atoms with Crippen LogP contribution in [0.4, 0.5) is 11.4 Å². The minimum Gasteiger partial charge on any atom is -0.497 e. The van der Waals surface area contributed by atoms with E-state index in [2.05, 4.69) is 10.6 Å². The fourth-order valence-electron chi connectivity index (χ4n) is 3.59. The third kappa shape index (κ3) is 5.61. The number of carbonyl (C=O) groups excluding carboxylic acids is 3. The molecule has 0 aromatic heterocycles. The first-order valence-corrected chi connectivity index (χ1v) is 10.1. The molecular weight excluding hydrogens is 398 g/mol. The Kier molecular flexibility index (Phi) is 7.25. The van der Waals surface area contributed by atoms with Gasteiger partial charge in [-0.25, -0.2) is 4.79 Å². The summed E-state index contributed by atoms with van der Waals surface area (Å²) in [7, 11) is 2.90. The van der Waals surface area contributed by atoms with Crippen LogP contribution in [-0.2, 0) is 14.3 Å². The lowest BCUT2D eigenvalue weighted by Gasteiger charge is -2.23. The number of hydrogen-bond donors (Lipinski definition) is 2. The number of anilines is 2. The van der Waals surface area contributed by atoms with Crippen LogP contribution in [0.15, 0.2) is 42.5 Å². The minimum absolute atomic E-state index is 0.0859. The number of likely N-dealkylation sites (tertiary alicyclic amines) is 1. The summed E-state index contributed by atoms with van der Waals surface area (Å²) in [5.74, 6) is -0.136. The van der Waals surface area contributed by atoms with Gasteiger partial charge in [0.15, 0.2) is 0 Å². The van der Waals surface area contributed by atoms with E-state index in [1.54, 1.807) is 49.6 Å². The van der Waals surface area contributed by atoms with Gasteiger partial charge >= 0.3 is 5.97 Å². The smallest absolute Gasteiger partial charge is 0.337 e. The van der Waals surface area contributed by atoms with Crippen molar-refractivity contribution in [2.24, 2.45) is 0 Å².